The molecular formula is C19H16N4O2. The van der Waals surface area contributed by atoms with Crippen molar-refractivity contribution in [2.24, 2.45) is 0 Å². The van der Waals surface area contributed by atoms with Gasteiger partial charge in [0.2, 0.25) is 0 Å². The number of aromatic nitrogens is 3. The molecule has 1 aliphatic heterocycles. The number of ketones is 1. The van der Waals surface area contributed by atoms with Gasteiger partial charge in [-0.05, 0) is 19.3 Å². The molecule has 0 atom stereocenters. The molecule has 6 nitrogen and oxygen atoms in total. The summed E-state index contributed by atoms with van der Waals surface area (Å²) in [5, 5.41) is 9.47. The Morgan fingerprint density at radius 1 is 1.24 bits per heavy atom. The Kier molecular flexibility index (Phi) is 3.69. The molecule has 0 fully saturated rings. The summed E-state index contributed by atoms with van der Waals surface area (Å²) >= 11 is 0. The fourth-order valence-electron chi connectivity index (χ4n) is 3.48. The van der Waals surface area contributed by atoms with Crippen LogP contribution in [0.15, 0.2) is 41.5 Å². The zero-order valence-electron chi connectivity index (χ0n) is 13.6. The molecule has 124 valence electrons. The SMILES string of the molecule is N#Cc1c2n(c3c(=O)n(CC(=O)c4ccccc4)cnc13)CCCC2. The minimum absolute atomic E-state index is 0.0613. The third-order valence-electron chi connectivity index (χ3n) is 4.70. The Balaban J connectivity index is 1.82. The van der Waals surface area contributed by atoms with Crippen molar-refractivity contribution < 1.29 is 4.79 Å². The van der Waals surface area contributed by atoms with E-state index in [2.05, 4.69) is 11.1 Å². The number of aryl methyl sites for hydroxylation is 1. The van der Waals surface area contributed by atoms with Crippen molar-refractivity contribution in [3.05, 3.63) is 63.8 Å². The van der Waals surface area contributed by atoms with Crippen molar-refractivity contribution in [3.8, 4) is 6.07 Å². The molecule has 3 aromatic rings. The van der Waals surface area contributed by atoms with Gasteiger partial charge in [-0.3, -0.25) is 14.2 Å². The average molecular weight is 332 g/mol. The standard InChI is InChI=1S/C19H16N4O2/c20-10-14-15-8-4-5-9-23(15)18-17(14)21-12-22(19(18)25)11-16(24)13-6-2-1-3-7-13/h1-3,6-7,12H,4-5,8-9,11H2. The third kappa shape index (κ3) is 2.45. The van der Waals surface area contributed by atoms with Gasteiger partial charge in [-0.15, -0.1) is 0 Å². The first-order valence-electron chi connectivity index (χ1n) is 8.29. The van der Waals surface area contributed by atoms with Crippen LogP contribution in [0, 0.1) is 11.3 Å². The van der Waals surface area contributed by atoms with Gasteiger partial charge in [-0.25, -0.2) is 4.98 Å². The van der Waals surface area contributed by atoms with Crippen molar-refractivity contribution in [1.82, 2.24) is 14.1 Å². The summed E-state index contributed by atoms with van der Waals surface area (Å²) in [7, 11) is 0. The molecule has 0 amide bonds. The summed E-state index contributed by atoms with van der Waals surface area (Å²) in [6.07, 6.45) is 4.13. The zero-order valence-corrected chi connectivity index (χ0v) is 13.6. The predicted octanol–water partition coefficient (Wildman–Crippen LogP) is 2.29. The van der Waals surface area contributed by atoms with Crippen LogP contribution in [0.25, 0.3) is 11.0 Å². The van der Waals surface area contributed by atoms with E-state index in [0.717, 1.165) is 25.0 Å². The van der Waals surface area contributed by atoms with E-state index >= 15 is 0 Å². The Hall–Kier alpha value is -3.20. The van der Waals surface area contributed by atoms with Crippen LogP contribution in [0.2, 0.25) is 0 Å². The highest BCUT2D eigenvalue weighted by Crippen LogP contribution is 2.26. The second-order valence-electron chi connectivity index (χ2n) is 6.21. The van der Waals surface area contributed by atoms with Gasteiger partial charge in [0, 0.05) is 17.8 Å². The van der Waals surface area contributed by atoms with Crippen LogP contribution in [0.5, 0.6) is 0 Å². The molecule has 0 saturated heterocycles. The lowest BCUT2D eigenvalue weighted by Crippen LogP contribution is -2.26. The summed E-state index contributed by atoms with van der Waals surface area (Å²) in [4.78, 5) is 29.7. The number of hydrogen-bond acceptors (Lipinski definition) is 4. The Morgan fingerprint density at radius 2 is 2.04 bits per heavy atom. The Morgan fingerprint density at radius 3 is 2.80 bits per heavy atom. The van der Waals surface area contributed by atoms with E-state index < -0.39 is 0 Å². The van der Waals surface area contributed by atoms with Crippen LogP contribution in [-0.4, -0.2) is 19.9 Å². The molecule has 25 heavy (non-hydrogen) atoms. The summed E-state index contributed by atoms with van der Waals surface area (Å²) in [6.45, 7) is 0.648. The summed E-state index contributed by atoms with van der Waals surface area (Å²) in [6, 6.07) is 11.1. The van der Waals surface area contributed by atoms with Crippen molar-refractivity contribution in [1.29, 1.82) is 5.26 Å². The number of carbonyl (C=O) groups is 1. The molecule has 0 spiro atoms. The van der Waals surface area contributed by atoms with Crippen LogP contribution in [0.3, 0.4) is 0 Å². The highest BCUT2D eigenvalue weighted by atomic mass is 16.1. The van der Waals surface area contributed by atoms with Crippen molar-refractivity contribution in [3.63, 3.8) is 0 Å². The highest BCUT2D eigenvalue weighted by Gasteiger charge is 2.23. The van der Waals surface area contributed by atoms with E-state index in [-0.39, 0.29) is 17.9 Å². The average Bonchev–Trinajstić information content (AvgIpc) is 2.99. The van der Waals surface area contributed by atoms with Crippen LogP contribution in [0.4, 0.5) is 0 Å². The molecule has 3 heterocycles. The van der Waals surface area contributed by atoms with E-state index in [0.29, 0.717) is 28.7 Å². The molecule has 0 radical (unpaired) electrons. The number of carbonyl (C=O) groups excluding carboxylic acids is 1. The molecule has 1 aliphatic rings. The van der Waals surface area contributed by atoms with Crippen LogP contribution in [-0.2, 0) is 19.5 Å². The lowest BCUT2D eigenvalue weighted by molar-refractivity contribution is 0.0970. The summed E-state index contributed by atoms with van der Waals surface area (Å²) in [5.41, 5.74) is 2.57. The maximum absolute atomic E-state index is 12.9. The van der Waals surface area contributed by atoms with E-state index in [4.69, 9.17) is 0 Å². The van der Waals surface area contributed by atoms with Gasteiger partial charge < -0.3 is 4.57 Å². The molecule has 0 unspecified atom stereocenters. The number of fused-ring (bicyclic) bond motifs is 3. The quantitative estimate of drug-likeness (QED) is 0.689. The predicted molar refractivity (Wildman–Crippen MR) is 92.4 cm³/mol. The van der Waals surface area contributed by atoms with E-state index in [1.54, 1.807) is 24.3 Å². The van der Waals surface area contributed by atoms with Gasteiger partial charge in [0.25, 0.3) is 5.56 Å². The smallest absolute Gasteiger partial charge is 0.278 e. The zero-order chi connectivity index (χ0) is 17.4. The molecule has 0 saturated carbocycles. The second-order valence-corrected chi connectivity index (χ2v) is 6.21. The highest BCUT2D eigenvalue weighted by molar-refractivity contribution is 5.96. The minimum atomic E-state index is -0.265. The Bertz CT molecular complexity index is 1070. The lowest BCUT2D eigenvalue weighted by atomic mass is 10.1. The van der Waals surface area contributed by atoms with Crippen LogP contribution < -0.4 is 5.56 Å². The van der Waals surface area contributed by atoms with E-state index in [1.807, 2.05) is 10.6 Å². The van der Waals surface area contributed by atoms with E-state index in [9.17, 15) is 14.9 Å². The number of nitrogens with zero attached hydrogens (tertiary/aromatic N) is 4. The Labute approximate surface area is 144 Å². The van der Waals surface area contributed by atoms with Crippen LogP contribution in [0.1, 0.15) is 34.5 Å². The molecule has 0 N–H and O–H groups in total. The summed E-state index contributed by atoms with van der Waals surface area (Å²) < 4.78 is 3.25. The molecule has 1 aromatic carbocycles. The van der Waals surface area contributed by atoms with E-state index in [1.165, 1.54) is 10.9 Å². The fraction of sp³-hybridized carbons (Fsp3) is 0.263. The largest absolute Gasteiger partial charge is 0.337 e. The first kappa shape index (κ1) is 15.3. The lowest BCUT2D eigenvalue weighted by Gasteiger charge is -2.15. The number of nitriles is 1. The first-order chi connectivity index (χ1) is 12.2. The van der Waals surface area contributed by atoms with Crippen LogP contribution >= 0.6 is 0 Å². The van der Waals surface area contributed by atoms with Gasteiger partial charge in [0.15, 0.2) is 5.78 Å². The summed E-state index contributed by atoms with van der Waals surface area (Å²) in [5.74, 6) is -0.144. The van der Waals surface area contributed by atoms with Gasteiger partial charge in [0.05, 0.1) is 18.4 Å². The van der Waals surface area contributed by atoms with Crippen molar-refractivity contribution >= 4 is 16.8 Å². The molecule has 6 heteroatoms. The number of Topliss-reactive ketones (excluding diaryl/α,β-unsaturated/α-hetero) is 1. The monoisotopic (exact) mass is 332 g/mol. The van der Waals surface area contributed by atoms with Crippen molar-refractivity contribution in [2.45, 2.75) is 32.4 Å². The maximum Gasteiger partial charge on any atom is 0.278 e. The molecule has 2 aromatic heterocycles. The minimum Gasteiger partial charge on any atom is -0.337 e. The number of benzene rings is 1. The molecular weight excluding hydrogens is 316 g/mol. The van der Waals surface area contributed by atoms with Gasteiger partial charge >= 0.3 is 0 Å². The normalized spacial score (nSPS) is 13.4. The van der Waals surface area contributed by atoms with Gasteiger partial charge in [0.1, 0.15) is 17.1 Å². The number of rotatable bonds is 3. The topological polar surface area (TPSA) is 80.7 Å². The van der Waals surface area contributed by atoms with Crippen molar-refractivity contribution in [2.75, 3.05) is 0 Å². The first-order valence-corrected chi connectivity index (χ1v) is 8.29. The molecule has 0 aliphatic carbocycles. The second kappa shape index (κ2) is 6.02. The molecule has 4 rings (SSSR count). The van der Waals surface area contributed by atoms with Gasteiger partial charge in [-0.2, -0.15) is 5.26 Å². The van der Waals surface area contributed by atoms with Gasteiger partial charge in [-0.1, -0.05) is 30.3 Å². The third-order valence-corrected chi connectivity index (χ3v) is 4.70. The maximum atomic E-state index is 12.9. The fourth-order valence-corrected chi connectivity index (χ4v) is 3.48. The molecule has 0 bridgehead atoms. The number of hydrogen-bond donors (Lipinski definition) is 0.